The molecule has 0 aliphatic rings. The molecule has 0 unspecified atom stereocenters. The van der Waals surface area contributed by atoms with E-state index in [4.69, 9.17) is 34.8 Å². The van der Waals surface area contributed by atoms with Gasteiger partial charge in [-0.05, 0) is 0 Å². The second kappa shape index (κ2) is 3.61. The van der Waals surface area contributed by atoms with Crippen LogP contribution >= 0.6 is 46.8 Å². The smallest absolute Gasteiger partial charge is 0.371 e. The van der Waals surface area contributed by atoms with E-state index in [1.165, 1.54) is 0 Å². The van der Waals surface area contributed by atoms with Gasteiger partial charge >= 0.3 is 6.09 Å². The van der Waals surface area contributed by atoms with Crippen LogP contribution in [0.25, 0.3) is 0 Å². The van der Waals surface area contributed by atoms with Crippen molar-refractivity contribution in [3.05, 3.63) is 0 Å². The van der Waals surface area contributed by atoms with Crippen molar-refractivity contribution in [2.24, 2.45) is 5.73 Å². The molecule has 0 heterocycles. The first-order valence-corrected chi connectivity index (χ1v) is 3.51. The molecule has 0 fully saturated rings. The van der Waals surface area contributed by atoms with Crippen molar-refractivity contribution in [1.82, 2.24) is 0 Å². The van der Waals surface area contributed by atoms with Gasteiger partial charge in [0, 0.05) is 0 Å². The van der Waals surface area contributed by atoms with E-state index < -0.39 is 9.22 Å². The van der Waals surface area contributed by atoms with Crippen LogP contribution in [0.4, 0.5) is 4.79 Å². The molecule has 7 heteroatoms. The largest absolute Gasteiger partial charge is 0.416 e. The zero-order valence-corrected chi connectivity index (χ0v) is 7.02. The molecule has 0 spiro atoms. The lowest BCUT2D eigenvalue weighted by molar-refractivity contribution is 0.218. The highest BCUT2D eigenvalue weighted by Crippen LogP contribution is 2.39. The number of carbonyl (C=O) groups is 1. The minimum Gasteiger partial charge on any atom is -0.371 e. The Bertz CT molecular complexity index is 113. The van der Waals surface area contributed by atoms with Crippen LogP contribution in [-0.4, -0.2) is 9.22 Å². The predicted molar refractivity (Wildman–Crippen MR) is 38.5 cm³/mol. The van der Waals surface area contributed by atoms with Crippen molar-refractivity contribution in [2.45, 2.75) is 3.12 Å². The van der Waals surface area contributed by atoms with Crippen LogP contribution in [0.3, 0.4) is 0 Å². The quantitative estimate of drug-likeness (QED) is 0.532. The number of carbonyl (C=O) groups excluding carboxylic acids is 1. The lowest BCUT2D eigenvalue weighted by Crippen LogP contribution is -2.11. The first-order valence-electron chi connectivity index (χ1n) is 1.63. The van der Waals surface area contributed by atoms with Crippen molar-refractivity contribution in [3.63, 3.8) is 0 Å². The summed E-state index contributed by atoms with van der Waals surface area (Å²) >= 11 is 15.8. The molecule has 0 atom stereocenters. The Labute approximate surface area is 71.0 Å². The Morgan fingerprint density at radius 1 is 1.56 bits per heavy atom. The fourth-order valence-electron chi connectivity index (χ4n) is 0.0883. The molecule has 0 aromatic carbocycles. The third-order valence-electron chi connectivity index (χ3n) is 0.218. The van der Waals surface area contributed by atoms with Gasteiger partial charge in [-0.15, -0.1) is 0 Å². The molecule has 0 bridgehead atoms. The summed E-state index contributed by atoms with van der Waals surface area (Å²) in [5.41, 5.74) is 4.54. The van der Waals surface area contributed by atoms with Gasteiger partial charge in [0.15, 0.2) is 0 Å². The van der Waals surface area contributed by atoms with Crippen molar-refractivity contribution in [2.75, 3.05) is 0 Å². The lowest BCUT2D eigenvalue weighted by Gasteiger charge is -2.05. The molecule has 0 saturated heterocycles. The molecule has 0 saturated carbocycles. The maximum atomic E-state index is 9.85. The third-order valence-corrected chi connectivity index (χ3v) is 1.22. The summed E-state index contributed by atoms with van der Waals surface area (Å²) < 4.78 is 2.41. The maximum absolute atomic E-state index is 9.85. The van der Waals surface area contributed by atoms with Crippen LogP contribution in [0.1, 0.15) is 0 Å². The van der Waals surface area contributed by atoms with E-state index >= 15 is 0 Å². The molecule has 3 nitrogen and oxygen atoms in total. The average Bonchev–Trinajstić information content (AvgIpc) is 1.59. The molecular formula is C2H2Cl3NO2S. The molecule has 54 valence electrons. The fraction of sp³-hybridized carbons (Fsp3) is 0.500. The minimum atomic E-state index is -1.66. The first kappa shape index (κ1) is 9.49. The van der Waals surface area contributed by atoms with Gasteiger partial charge in [0.25, 0.3) is 3.12 Å². The third kappa shape index (κ3) is 8.49. The van der Waals surface area contributed by atoms with Crippen molar-refractivity contribution >= 4 is 52.9 Å². The second-order valence-corrected chi connectivity index (χ2v) is 4.83. The number of halogens is 3. The Morgan fingerprint density at radius 3 is 2.11 bits per heavy atom. The standard InChI is InChI=1S/C2H2Cl3NO2S/c3-2(4,5)9-8-1(6)7/h(H2,6,7). The highest BCUT2D eigenvalue weighted by molar-refractivity contribution is 8.00. The van der Waals surface area contributed by atoms with E-state index in [9.17, 15) is 4.79 Å². The summed E-state index contributed by atoms with van der Waals surface area (Å²) in [6, 6.07) is 0. The van der Waals surface area contributed by atoms with Crippen LogP contribution in [0.15, 0.2) is 0 Å². The number of hydrogen-bond donors (Lipinski definition) is 1. The van der Waals surface area contributed by atoms with Gasteiger partial charge in [0.05, 0.1) is 0 Å². The van der Waals surface area contributed by atoms with Crippen molar-refractivity contribution < 1.29 is 8.98 Å². The topological polar surface area (TPSA) is 52.3 Å². The monoisotopic (exact) mass is 209 g/mol. The summed E-state index contributed by atoms with van der Waals surface area (Å²) in [6.07, 6.45) is -0.994. The number of rotatable bonds is 1. The van der Waals surface area contributed by atoms with Gasteiger partial charge in [0.2, 0.25) is 0 Å². The molecule has 0 rings (SSSR count). The lowest BCUT2D eigenvalue weighted by atomic mass is 11.3. The van der Waals surface area contributed by atoms with Crippen LogP contribution in [-0.2, 0) is 4.18 Å². The van der Waals surface area contributed by atoms with Crippen LogP contribution in [0.2, 0.25) is 0 Å². The molecule has 9 heavy (non-hydrogen) atoms. The molecule has 2 N–H and O–H groups in total. The van der Waals surface area contributed by atoms with E-state index in [1.807, 2.05) is 0 Å². The summed E-state index contributed by atoms with van der Waals surface area (Å²) in [6.45, 7) is 0. The molecule has 1 amide bonds. The normalized spacial score (nSPS) is 11.0. The zero-order chi connectivity index (χ0) is 7.49. The number of amides is 1. The Kier molecular flexibility index (Phi) is 3.80. The van der Waals surface area contributed by atoms with Gasteiger partial charge in [-0.1, -0.05) is 34.8 Å². The molecule has 0 radical (unpaired) electrons. The molecule has 0 aromatic rings. The van der Waals surface area contributed by atoms with E-state index in [2.05, 4.69) is 9.92 Å². The summed E-state index contributed by atoms with van der Waals surface area (Å²) in [5, 5.41) is 0. The fourth-order valence-corrected chi connectivity index (χ4v) is 0.548. The Balaban J connectivity index is 3.39. The van der Waals surface area contributed by atoms with Crippen LogP contribution in [0, 0.1) is 0 Å². The SMILES string of the molecule is NC(=O)OSC(Cl)(Cl)Cl. The predicted octanol–water partition coefficient (Wildman–Crippen LogP) is 2.06. The minimum absolute atomic E-state index is 0.363. The van der Waals surface area contributed by atoms with E-state index in [-0.39, 0.29) is 0 Å². The number of hydrogen-bond acceptors (Lipinski definition) is 3. The van der Waals surface area contributed by atoms with E-state index in [0.29, 0.717) is 12.0 Å². The molecule has 0 aliphatic heterocycles. The highest BCUT2D eigenvalue weighted by Gasteiger charge is 2.23. The highest BCUT2D eigenvalue weighted by atomic mass is 35.6. The molecule has 0 aromatic heterocycles. The average molecular weight is 210 g/mol. The summed E-state index contributed by atoms with van der Waals surface area (Å²) in [7, 11) is 0. The van der Waals surface area contributed by atoms with Crippen molar-refractivity contribution in [1.29, 1.82) is 0 Å². The second-order valence-electron chi connectivity index (χ2n) is 0.931. The number of nitrogens with two attached hydrogens (primary N) is 1. The van der Waals surface area contributed by atoms with Crippen molar-refractivity contribution in [3.8, 4) is 0 Å². The van der Waals surface area contributed by atoms with E-state index in [1.54, 1.807) is 0 Å². The van der Waals surface area contributed by atoms with Gasteiger partial charge < -0.3 is 9.92 Å². The number of primary amides is 1. The van der Waals surface area contributed by atoms with E-state index in [0.717, 1.165) is 0 Å². The Morgan fingerprint density at radius 2 is 2.00 bits per heavy atom. The molecular weight excluding hydrogens is 208 g/mol. The van der Waals surface area contributed by atoms with Gasteiger partial charge in [-0.2, -0.15) is 0 Å². The van der Waals surface area contributed by atoms with Gasteiger partial charge in [0.1, 0.15) is 12.0 Å². The Hall–Kier alpha value is 0.490. The maximum Gasteiger partial charge on any atom is 0.416 e. The van der Waals surface area contributed by atoms with Gasteiger partial charge in [-0.3, -0.25) is 0 Å². The van der Waals surface area contributed by atoms with Gasteiger partial charge in [-0.25, -0.2) is 4.79 Å². The summed E-state index contributed by atoms with van der Waals surface area (Å²) in [5.74, 6) is 0. The van der Waals surface area contributed by atoms with Crippen LogP contribution in [0.5, 0.6) is 0 Å². The first-order chi connectivity index (χ1) is 3.92. The zero-order valence-electron chi connectivity index (χ0n) is 3.94. The number of alkyl halides is 3. The van der Waals surface area contributed by atoms with Crippen LogP contribution < -0.4 is 5.73 Å². The summed E-state index contributed by atoms with van der Waals surface area (Å²) in [4.78, 5) is 9.85. The molecule has 0 aliphatic carbocycles.